The van der Waals surface area contributed by atoms with Crippen molar-refractivity contribution in [2.45, 2.75) is 39.0 Å². The highest BCUT2D eigenvalue weighted by Crippen LogP contribution is 2.27. The van der Waals surface area contributed by atoms with Gasteiger partial charge in [0.05, 0.1) is 11.6 Å². The summed E-state index contributed by atoms with van der Waals surface area (Å²) in [4.78, 5) is 23.6. The zero-order chi connectivity index (χ0) is 21.9. The molecule has 2 rings (SSSR count). The SMILES string of the molecule is CCC(C)c1ccc(OCC(=O)NNC(=O)CCCOc2ccc(Cl)cc2Cl)cc1. The van der Waals surface area contributed by atoms with Crippen molar-refractivity contribution in [2.24, 2.45) is 0 Å². The molecule has 1 atom stereocenters. The van der Waals surface area contributed by atoms with Crippen LogP contribution in [0.15, 0.2) is 42.5 Å². The fourth-order valence-electron chi connectivity index (χ4n) is 2.52. The summed E-state index contributed by atoms with van der Waals surface area (Å²) in [6.45, 7) is 4.40. The van der Waals surface area contributed by atoms with Crippen LogP contribution >= 0.6 is 23.2 Å². The van der Waals surface area contributed by atoms with E-state index in [-0.39, 0.29) is 18.9 Å². The lowest BCUT2D eigenvalue weighted by molar-refractivity contribution is -0.130. The third-order valence-corrected chi connectivity index (χ3v) is 5.00. The Kier molecular flexibility index (Phi) is 9.77. The Hall–Kier alpha value is -2.44. The van der Waals surface area contributed by atoms with E-state index in [1.54, 1.807) is 18.2 Å². The molecule has 1 unspecified atom stereocenters. The normalized spacial score (nSPS) is 11.5. The average molecular weight is 453 g/mol. The van der Waals surface area contributed by atoms with Crippen molar-refractivity contribution in [3.63, 3.8) is 0 Å². The van der Waals surface area contributed by atoms with Crippen molar-refractivity contribution in [1.82, 2.24) is 10.9 Å². The molecule has 0 aliphatic carbocycles. The number of carbonyl (C=O) groups excluding carboxylic acids is 2. The van der Waals surface area contributed by atoms with Crippen molar-refractivity contribution in [1.29, 1.82) is 0 Å². The van der Waals surface area contributed by atoms with Crippen molar-refractivity contribution < 1.29 is 19.1 Å². The van der Waals surface area contributed by atoms with Gasteiger partial charge in [-0.1, -0.05) is 49.2 Å². The fraction of sp³-hybridized carbons (Fsp3) is 0.364. The third-order valence-electron chi connectivity index (χ3n) is 4.47. The maximum atomic E-state index is 11.8. The maximum absolute atomic E-state index is 11.8. The van der Waals surface area contributed by atoms with Crippen molar-refractivity contribution in [2.75, 3.05) is 13.2 Å². The zero-order valence-corrected chi connectivity index (χ0v) is 18.6. The van der Waals surface area contributed by atoms with Gasteiger partial charge in [-0.3, -0.25) is 20.4 Å². The van der Waals surface area contributed by atoms with Crippen LogP contribution in [-0.4, -0.2) is 25.0 Å². The topological polar surface area (TPSA) is 76.7 Å². The largest absolute Gasteiger partial charge is 0.492 e. The highest BCUT2D eigenvalue weighted by atomic mass is 35.5. The van der Waals surface area contributed by atoms with Gasteiger partial charge >= 0.3 is 0 Å². The number of hydrogen-bond donors (Lipinski definition) is 2. The van der Waals surface area contributed by atoms with E-state index in [1.807, 2.05) is 24.3 Å². The van der Waals surface area contributed by atoms with Crippen LogP contribution < -0.4 is 20.3 Å². The number of ether oxygens (including phenoxy) is 2. The molecule has 6 nitrogen and oxygen atoms in total. The van der Waals surface area contributed by atoms with E-state index in [9.17, 15) is 9.59 Å². The number of carbonyl (C=O) groups is 2. The number of benzene rings is 2. The molecule has 0 spiro atoms. The molecule has 0 aromatic heterocycles. The summed E-state index contributed by atoms with van der Waals surface area (Å²) in [6, 6.07) is 12.6. The van der Waals surface area contributed by atoms with E-state index >= 15 is 0 Å². The van der Waals surface area contributed by atoms with Gasteiger partial charge in [-0.05, 0) is 54.7 Å². The monoisotopic (exact) mass is 452 g/mol. The Bertz CT molecular complexity index is 844. The molecule has 2 aromatic rings. The van der Waals surface area contributed by atoms with Crippen molar-refractivity contribution >= 4 is 35.0 Å². The first-order chi connectivity index (χ1) is 14.4. The van der Waals surface area contributed by atoms with Crippen LogP contribution in [0.5, 0.6) is 11.5 Å². The number of halogens is 2. The first-order valence-corrected chi connectivity index (χ1v) is 10.5. The molecule has 0 saturated heterocycles. The molecule has 2 amide bonds. The van der Waals surface area contributed by atoms with Gasteiger partial charge in [-0.15, -0.1) is 0 Å². The van der Waals surface area contributed by atoms with E-state index in [0.29, 0.717) is 40.5 Å². The second-order valence-electron chi connectivity index (χ2n) is 6.79. The highest BCUT2D eigenvalue weighted by molar-refractivity contribution is 6.35. The maximum Gasteiger partial charge on any atom is 0.276 e. The van der Waals surface area contributed by atoms with Crippen LogP contribution in [0, 0.1) is 0 Å². The van der Waals surface area contributed by atoms with Gasteiger partial charge < -0.3 is 9.47 Å². The quantitative estimate of drug-likeness (QED) is 0.397. The number of rotatable bonds is 10. The summed E-state index contributed by atoms with van der Waals surface area (Å²) >= 11 is 11.8. The summed E-state index contributed by atoms with van der Waals surface area (Å²) in [6.07, 6.45) is 1.70. The minimum Gasteiger partial charge on any atom is -0.492 e. The lowest BCUT2D eigenvalue weighted by Crippen LogP contribution is -2.43. The second kappa shape index (κ2) is 12.3. The number of hydrogen-bond acceptors (Lipinski definition) is 4. The minimum absolute atomic E-state index is 0.184. The van der Waals surface area contributed by atoms with E-state index in [4.69, 9.17) is 32.7 Å². The summed E-state index contributed by atoms with van der Waals surface area (Å²) < 4.78 is 10.9. The molecule has 2 N–H and O–H groups in total. The molecule has 162 valence electrons. The van der Waals surface area contributed by atoms with E-state index in [1.165, 1.54) is 5.56 Å². The van der Waals surface area contributed by atoms with Crippen molar-refractivity contribution in [3.8, 4) is 11.5 Å². The first-order valence-electron chi connectivity index (χ1n) is 9.77. The van der Waals surface area contributed by atoms with Crippen LogP contribution in [0.4, 0.5) is 0 Å². The zero-order valence-electron chi connectivity index (χ0n) is 17.0. The smallest absolute Gasteiger partial charge is 0.276 e. The molecule has 30 heavy (non-hydrogen) atoms. The van der Waals surface area contributed by atoms with E-state index in [2.05, 4.69) is 24.7 Å². The molecular weight excluding hydrogens is 427 g/mol. The Morgan fingerprint density at radius 1 is 1.00 bits per heavy atom. The standard InChI is InChI=1S/C22H26Cl2N2O4/c1-3-15(2)16-6-9-18(10-7-16)30-14-22(28)26-25-21(27)5-4-12-29-20-11-8-17(23)13-19(20)24/h6-11,13,15H,3-5,12,14H2,1-2H3,(H,25,27)(H,26,28). The average Bonchev–Trinajstić information content (AvgIpc) is 2.74. The fourth-order valence-corrected chi connectivity index (χ4v) is 2.99. The molecule has 0 fully saturated rings. The molecular formula is C22H26Cl2N2O4. The lowest BCUT2D eigenvalue weighted by atomic mass is 9.99. The van der Waals surface area contributed by atoms with E-state index in [0.717, 1.165) is 6.42 Å². The Morgan fingerprint density at radius 3 is 2.37 bits per heavy atom. The molecule has 2 aromatic carbocycles. The van der Waals surface area contributed by atoms with Crippen LogP contribution in [-0.2, 0) is 9.59 Å². The summed E-state index contributed by atoms with van der Waals surface area (Å²) in [5.74, 6) is 0.808. The van der Waals surface area contributed by atoms with Gasteiger partial charge in [0.25, 0.3) is 5.91 Å². The Morgan fingerprint density at radius 2 is 1.70 bits per heavy atom. The van der Waals surface area contributed by atoms with Crippen LogP contribution in [0.1, 0.15) is 44.6 Å². The molecule has 0 aliphatic heterocycles. The number of nitrogens with one attached hydrogen (secondary N) is 2. The molecule has 0 bridgehead atoms. The predicted octanol–water partition coefficient (Wildman–Crippen LogP) is 4.89. The molecule has 0 aliphatic rings. The third kappa shape index (κ3) is 8.13. The van der Waals surface area contributed by atoms with Gasteiger partial charge in [0, 0.05) is 11.4 Å². The Labute approximate surface area is 186 Å². The van der Waals surface area contributed by atoms with Gasteiger partial charge in [0.15, 0.2) is 6.61 Å². The minimum atomic E-state index is -0.446. The molecule has 0 saturated carbocycles. The Balaban J connectivity index is 1.60. The van der Waals surface area contributed by atoms with Crippen LogP contribution in [0.25, 0.3) is 0 Å². The second-order valence-corrected chi connectivity index (χ2v) is 7.63. The molecule has 0 radical (unpaired) electrons. The van der Waals surface area contributed by atoms with Gasteiger partial charge in [0.1, 0.15) is 11.5 Å². The summed E-state index contributed by atoms with van der Waals surface area (Å²) in [5, 5.41) is 0.934. The van der Waals surface area contributed by atoms with E-state index < -0.39 is 5.91 Å². The number of amides is 2. The van der Waals surface area contributed by atoms with Gasteiger partial charge in [0.2, 0.25) is 5.91 Å². The summed E-state index contributed by atoms with van der Waals surface area (Å²) in [7, 11) is 0. The van der Waals surface area contributed by atoms with Crippen LogP contribution in [0.2, 0.25) is 10.0 Å². The first kappa shape index (κ1) is 23.8. The number of hydrazine groups is 1. The van der Waals surface area contributed by atoms with Crippen molar-refractivity contribution in [3.05, 3.63) is 58.1 Å². The van der Waals surface area contributed by atoms with Gasteiger partial charge in [-0.25, -0.2) is 0 Å². The van der Waals surface area contributed by atoms with Gasteiger partial charge in [-0.2, -0.15) is 0 Å². The lowest BCUT2D eigenvalue weighted by Gasteiger charge is -2.11. The highest BCUT2D eigenvalue weighted by Gasteiger charge is 2.08. The predicted molar refractivity (Wildman–Crippen MR) is 118 cm³/mol. The van der Waals surface area contributed by atoms with Crippen LogP contribution in [0.3, 0.4) is 0 Å². The molecule has 0 heterocycles. The molecule has 8 heteroatoms. The summed E-state index contributed by atoms with van der Waals surface area (Å²) in [5.41, 5.74) is 5.90.